The number of benzene rings is 3. The van der Waals surface area contributed by atoms with E-state index >= 15 is 0 Å². The molecule has 5 nitrogen and oxygen atoms in total. The van der Waals surface area contributed by atoms with Crippen LogP contribution < -0.4 is 0 Å². The number of ketones is 1. The number of aromatic amines is 1. The van der Waals surface area contributed by atoms with Gasteiger partial charge in [0.1, 0.15) is 0 Å². The lowest BCUT2D eigenvalue weighted by Gasteiger charge is -2.17. The zero-order chi connectivity index (χ0) is 21.8. The minimum Gasteiger partial charge on any atom is -0.445 e. The fraction of sp³-hybridized carbons (Fsp3) is 0.154. The number of nitrogens with one attached hydrogen (secondary N) is 1. The molecule has 2 N–H and O–H groups in total. The van der Waals surface area contributed by atoms with Gasteiger partial charge in [-0.2, -0.15) is 0 Å². The predicted molar refractivity (Wildman–Crippen MR) is 119 cm³/mol. The number of esters is 1. The average Bonchev–Trinajstić information content (AvgIpc) is 3.27. The van der Waals surface area contributed by atoms with E-state index in [0.29, 0.717) is 22.3 Å². The molecular weight excluding hydrogens is 390 g/mol. The number of para-hydroxylation sites is 1. The summed E-state index contributed by atoms with van der Waals surface area (Å²) in [6.07, 6.45) is 1.45. The van der Waals surface area contributed by atoms with E-state index in [1.54, 1.807) is 42.6 Å². The molecule has 4 rings (SSSR count). The molecule has 5 heteroatoms. The molecule has 0 saturated heterocycles. The van der Waals surface area contributed by atoms with Crippen LogP contribution in [0, 0.1) is 0 Å². The van der Waals surface area contributed by atoms with Gasteiger partial charge < -0.3 is 14.8 Å². The standard InChI is InChI=1S/C26H23NO4/c1-2-18-9-6-10-21-22(15-27-23(18)21)24(29)25(19-7-4-3-5-8-19)31-26(30)20-13-11-17(16-28)12-14-20/h3-15,25,27-28H,2,16H2,1H3/t25-/m1/s1. The lowest BCUT2D eigenvalue weighted by Crippen LogP contribution is -2.20. The van der Waals surface area contributed by atoms with Gasteiger partial charge in [0.05, 0.1) is 12.2 Å². The topological polar surface area (TPSA) is 79.4 Å². The van der Waals surface area contributed by atoms with Crippen LogP contribution in [0.3, 0.4) is 0 Å². The van der Waals surface area contributed by atoms with Crippen LogP contribution >= 0.6 is 0 Å². The summed E-state index contributed by atoms with van der Waals surface area (Å²) in [5, 5.41) is 10.0. The number of Topliss-reactive ketones (excluding diaryl/α,β-unsaturated/α-hetero) is 1. The quantitative estimate of drug-likeness (QED) is 0.330. The summed E-state index contributed by atoms with van der Waals surface area (Å²) in [5.74, 6) is -0.883. The normalized spacial score (nSPS) is 11.9. The highest BCUT2D eigenvalue weighted by Crippen LogP contribution is 2.29. The molecule has 156 valence electrons. The number of carbonyl (C=O) groups excluding carboxylic acids is 2. The van der Waals surface area contributed by atoms with Crippen molar-refractivity contribution in [2.24, 2.45) is 0 Å². The second-order valence-corrected chi connectivity index (χ2v) is 7.31. The van der Waals surface area contributed by atoms with Gasteiger partial charge in [0.25, 0.3) is 0 Å². The summed E-state index contributed by atoms with van der Waals surface area (Å²) in [7, 11) is 0. The number of H-pyrrole nitrogens is 1. The molecule has 0 unspecified atom stereocenters. The monoisotopic (exact) mass is 413 g/mol. The highest BCUT2D eigenvalue weighted by molar-refractivity contribution is 6.11. The lowest BCUT2D eigenvalue weighted by atomic mass is 9.98. The molecule has 4 aromatic rings. The highest BCUT2D eigenvalue weighted by atomic mass is 16.5. The van der Waals surface area contributed by atoms with E-state index in [1.807, 2.05) is 36.4 Å². The Hall–Kier alpha value is -3.70. The third-order valence-electron chi connectivity index (χ3n) is 5.39. The number of aryl methyl sites for hydroxylation is 1. The average molecular weight is 413 g/mol. The van der Waals surface area contributed by atoms with E-state index < -0.39 is 12.1 Å². The summed E-state index contributed by atoms with van der Waals surface area (Å²) in [6.45, 7) is 1.95. The van der Waals surface area contributed by atoms with Crippen LogP contribution in [0.5, 0.6) is 0 Å². The summed E-state index contributed by atoms with van der Waals surface area (Å²) < 4.78 is 5.72. The number of rotatable bonds is 7. The second-order valence-electron chi connectivity index (χ2n) is 7.31. The molecule has 0 bridgehead atoms. The molecule has 0 amide bonds. The van der Waals surface area contributed by atoms with Crippen LogP contribution in [0.4, 0.5) is 0 Å². The van der Waals surface area contributed by atoms with Crippen molar-refractivity contribution in [2.75, 3.05) is 0 Å². The zero-order valence-electron chi connectivity index (χ0n) is 17.2. The highest BCUT2D eigenvalue weighted by Gasteiger charge is 2.28. The van der Waals surface area contributed by atoms with E-state index in [2.05, 4.69) is 11.9 Å². The third-order valence-corrected chi connectivity index (χ3v) is 5.39. The first-order chi connectivity index (χ1) is 15.1. The Balaban J connectivity index is 1.70. The minimum atomic E-state index is -1.07. The minimum absolute atomic E-state index is 0.110. The van der Waals surface area contributed by atoms with Crippen LogP contribution in [0.25, 0.3) is 10.9 Å². The Morgan fingerprint density at radius 2 is 1.71 bits per heavy atom. The first-order valence-corrected chi connectivity index (χ1v) is 10.2. The number of hydrogen-bond donors (Lipinski definition) is 2. The van der Waals surface area contributed by atoms with Gasteiger partial charge in [-0.15, -0.1) is 0 Å². The maximum Gasteiger partial charge on any atom is 0.339 e. The molecule has 0 radical (unpaired) electrons. The molecule has 0 spiro atoms. The Bertz CT molecular complexity index is 1210. The van der Waals surface area contributed by atoms with Gasteiger partial charge in [-0.25, -0.2) is 4.79 Å². The van der Waals surface area contributed by atoms with Crippen molar-refractivity contribution in [2.45, 2.75) is 26.1 Å². The van der Waals surface area contributed by atoms with Crippen molar-refractivity contribution < 1.29 is 19.4 Å². The second kappa shape index (κ2) is 8.98. The van der Waals surface area contributed by atoms with Gasteiger partial charge in [0.2, 0.25) is 5.78 Å². The van der Waals surface area contributed by atoms with E-state index in [-0.39, 0.29) is 12.4 Å². The third kappa shape index (κ3) is 4.13. The van der Waals surface area contributed by atoms with Crippen LogP contribution in [-0.4, -0.2) is 21.8 Å². The van der Waals surface area contributed by atoms with Crippen molar-refractivity contribution in [3.8, 4) is 0 Å². The molecule has 1 atom stereocenters. The number of aliphatic hydroxyl groups excluding tert-OH is 1. The Morgan fingerprint density at radius 1 is 0.968 bits per heavy atom. The van der Waals surface area contributed by atoms with E-state index in [0.717, 1.165) is 22.9 Å². The van der Waals surface area contributed by atoms with Gasteiger partial charge in [0.15, 0.2) is 6.10 Å². The van der Waals surface area contributed by atoms with Crippen molar-refractivity contribution in [1.29, 1.82) is 0 Å². The van der Waals surface area contributed by atoms with Gasteiger partial charge >= 0.3 is 5.97 Å². The van der Waals surface area contributed by atoms with E-state index in [4.69, 9.17) is 4.74 Å². The van der Waals surface area contributed by atoms with Gasteiger partial charge in [-0.1, -0.05) is 67.6 Å². The van der Waals surface area contributed by atoms with Gasteiger partial charge in [-0.05, 0) is 29.7 Å². The van der Waals surface area contributed by atoms with Crippen LogP contribution in [0.2, 0.25) is 0 Å². The van der Waals surface area contributed by atoms with Crippen molar-refractivity contribution >= 4 is 22.7 Å². The maximum atomic E-state index is 13.6. The molecule has 0 aliphatic heterocycles. The zero-order valence-corrected chi connectivity index (χ0v) is 17.2. The Kier molecular flexibility index (Phi) is 5.96. The number of aromatic nitrogens is 1. The van der Waals surface area contributed by atoms with Gasteiger partial charge in [0, 0.05) is 28.2 Å². The number of hydrogen-bond acceptors (Lipinski definition) is 4. The molecule has 3 aromatic carbocycles. The molecule has 1 aromatic heterocycles. The summed E-state index contributed by atoms with van der Waals surface area (Å²) in [5.41, 5.74) is 4.15. The largest absolute Gasteiger partial charge is 0.445 e. The SMILES string of the molecule is CCc1cccc2c(C(=O)[C@H](OC(=O)c3ccc(CO)cc3)c3ccccc3)c[nH]c12. The van der Waals surface area contributed by atoms with Crippen LogP contribution in [0.1, 0.15) is 50.4 Å². The summed E-state index contributed by atoms with van der Waals surface area (Å²) in [6, 6.07) is 21.3. The van der Waals surface area contributed by atoms with Crippen molar-refractivity contribution in [3.63, 3.8) is 0 Å². The summed E-state index contributed by atoms with van der Waals surface area (Å²) >= 11 is 0. The molecule has 0 aliphatic rings. The molecule has 0 saturated carbocycles. The Labute approximate surface area is 180 Å². The maximum absolute atomic E-state index is 13.6. The van der Waals surface area contributed by atoms with Crippen LogP contribution in [0.15, 0.2) is 79.0 Å². The van der Waals surface area contributed by atoms with Gasteiger partial charge in [-0.3, -0.25) is 4.79 Å². The molecule has 0 fully saturated rings. The van der Waals surface area contributed by atoms with Crippen LogP contribution in [-0.2, 0) is 17.8 Å². The lowest BCUT2D eigenvalue weighted by molar-refractivity contribution is 0.0280. The molecule has 0 aliphatic carbocycles. The first-order valence-electron chi connectivity index (χ1n) is 10.2. The number of fused-ring (bicyclic) bond motifs is 1. The molecule has 1 heterocycles. The summed E-state index contributed by atoms with van der Waals surface area (Å²) in [4.78, 5) is 29.6. The fourth-order valence-corrected chi connectivity index (χ4v) is 3.68. The fourth-order valence-electron chi connectivity index (χ4n) is 3.68. The number of ether oxygens (including phenoxy) is 1. The Morgan fingerprint density at radius 3 is 2.39 bits per heavy atom. The van der Waals surface area contributed by atoms with Crippen molar-refractivity contribution in [3.05, 3.63) is 107 Å². The van der Waals surface area contributed by atoms with E-state index in [9.17, 15) is 14.7 Å². The first kappa shape index (κ1) is 20.6. The van der Waals surface area contributed by atoms with E-state index in [1.165, 1.54) is 0 Å². The number of carbonyl (C=O) groups is 2. The number of aliphatic hydroxyl groups is 1. The smallest absolute Gasteiger partial charge is 0.339 e. The van der Waals surface area contributed by atoms with Crippen molar-refractivity contribution in [1.82, 2.24) is 4.98 Å². The predicted octanol–water partition coefficient (Wildman–Crippen LogP) is 5.00. The molecule has 31 heavy (non-hydrogen) atoms. The molecular formula is C26H23NO4.